The molecule has 0 aliphatic heterocycles. The lowest BCUT2D eigenvalue weighted by Crippen LogP contribution is -2.00. The predicted octanol–water partition coefficient (Wildman–Crippen LogP) is 3.14. The normalized spacial score (nSPS) is 10.6. The molecule has 0 N–H and O–H groups in total. The Balaban J connectivity index is 2.11. The molecule has 0 amide bonds. The van der Waals surface area contributed by atoms with Crippen LogP contribution in [-0.4, -0.2) is 23.0 Å². The summed E-state index contributed by atoms with van der Waals surface area (Å²) in [5.74, 6) is -0.351. The quantitative estimate of drug-likeness (QED) is 0.671. The molecule has 0 aliphatic rings. The molecule has 94 valence electrons. The Kier molecular flexibility index (Phi) is 2.97. The van der Waals surface area contributed by atoms with Crippen LogP contribution in [0.2, 0.25) is 0 Å². The average Bonchev–Trinajstić information content (AvgIpc) is 2.90. The van der Waals surface area contributed by atoms with Gasteiger partial charge in [-0.05, 0) is 23.8 Å². The number of methoxy groups -OCH3 is 1. The van der Waals surface area contributed by atoms with Crippen molar-refractivity contribution >= 4 is 27.5 Å². The van der Waals surface area contributed by atoms with Gasteiger partial charge in [-0.3, -0.25) is 9.97 Å². The number of ether oxygens (including phenoxy) is 1. The first-order valence-electron chi connectivity index (χ1n) is 5.65. The second-order valence-corrected chi connectivity index (χ2v) is 4.86. The van der Waals surface area contributed by atoms with E-state index in [2.05, 4.69) is 9.97 Å². The van der Waals surface area contributed by atoms with E-state index in [-0.39, 0.29) is 5.97 Å². The molecule has 3 aromatic rings. The number of fused-ring (bicyclic) bond motifs is 1. The lowest BCUT2D eigenvalue weighted by Gasteiger charge is -2.01. The largest absolute Gasteiger partial charge is 0.465 e. The summed E-state index contributed by atoms with van der Waals surface area (Å²) in [6, 6.07) is 5.88. The molecule has 0 unspecified atom stereocenters. The Morgan fingerprint density at radius 1 is 1.26 bits per heavy atom. The Bertz CT molecular complexity index is 738. The highest BCUT2D eigenvalue weighted by Crippen LogP contribution is 2.28. The Labute approximate surface area is 113 Å². The third-order valence-corrected chi connectivity index (χ3v) is 3.75. The van der Waals surface area contributed by atoms with Gasteiger partial charge >= 0.3 is 5.97 Å². The van der Waals surface area contributed by atoms with Crippen LogP contribution in [0, 0.1) is 0 Å². The van der Waals surface area contributed by atoms with Gasteiger partial charge in [0, 0.05) is 29.5 Å². The fraction of sp³-hybridized carbons (Fsp3) is 0.0714. The van der Waals surface area contributed by atoms with Crippen LogP contribution < -0.4 is 0 Å². The highest BCUT2D eigenvalue weighted by atomic mass is 32.1. The number of pyridine rings is 2. The van der Waals surface area contributed by atoms with Gasteiger partial charge in [0.2, 0.25) is 0 Å². The topological polar surface area (TPSA) is 52.1 Å². The van der Waals surface area contributed by atoms with E-state index in [1.807, 2.05) is 18.2 Å². The van der Waals surface area contributed by atoms with Crippen molar-refractivity contribution in [1.82, 2.24) is 9.97 Å². The number of rotatable bonds is 2. The number of thiophene rings is 1. The molecule has 0 aromatic carbocycles. The van der Waals surface area contributed by atoms with E-state index < -0.39 is 0 Å². The molecule has 0 aliphatic carbocycles. The van der Waals surface area contributed by atoms with Gasteiger partial charge in [0.05, 0.1) is 22.9 Å². The third-order valence-electron chi connectivity index (χ3n) is 2.83. The second kappa shape index (κ2) is 4.78. The summed E-state index contributed by atoms with van der Waals surface area (Å²) < 4.78 is 5.70. The van der Waals surface area contributed by atoms with Crippen molar-refractivity contribution in [2.24, 2.45) is 0 Å². The first-order valence-corrected chi connectivity index (χ1v) is 6.53. The van der Waals surface area contributed by atoms with Gasteiger partial charge in [0.15, 0.2) is 0 Å². The van der Waals surface area contributed by atoms with E-state index in [0.29, 0.717) is 11.1 Å². The molecule has 5 heteroatoms. The van der Waals surface area contributed by atoms with Gasteiger partial charge in [-0.15, -0.1) is 11.3 Å². The molecule has 0 atom stereocenters. The number of esters is 1. The third kappa shape index (κ3) is 2.08. The van der Waals surface area contributed by atoms with E-state index >= 15 is 0 Å². The Morgan fingerprint density at radius 2 is 2.05 bits per heavy atom. The van der Waals surface area contributed by atoms with Crippen LogP contribution in [0.15, 0.2) is 42.2 Å². The molecule has 0 saturated heterocycles. The van der Waals surface area contributed by atoms with Crippen LogP contribution >= 0.6 is 11.3 Å². The van der Waals surface area contributed by atoms with E-state index in [9.17, 15) is 4.79 Å². The summed E-state index contributed by atoms with van der Waals surface area (Å²) in [6.07, 6.45) is 5.25. The van der Waals surface area contributed by atoms with Crippen molar-refractivity contribution in [3.8, 4) is 11.1 Å². The fourth-order valence-electron chi connectivity index (χ4n) is 1.87. The molecular formula is C14H10N2O2S. The summed E-state index contributed by atoms with van der Waals surface area (Å²) in [6.45, 7) is 0. The van der Waals surface area contributed by atoms with Gasteiger partial charge in [0.1, 0.15) is 0 Å². The van der Waals surface area contributed by atoms with Crippen LogP contribution in [0.3, 0.4) is 0 Å². The molecule has 0 radical (unpaired) electrons. The zero-order valence-corrected chi connectivity index (χ0v) is 11.0. The fourth-order valence-corrected chi connectivity index (χ4v) is 2.79. The van der Waals surface area contributed by atoms with Crippen LogP contribution in [0.25, 0.3) is 21.3 Å². The Hall–Kier alpha value is -2.27. The first-order chi connectivity index (χ1) is 9.29. The first kappa shape index (κ1) is 11.8. The molecule has 0 spiro atoms. The van der Waals surface area contributed by atoms with Crippen molar-refractivity contribution in [3.63, 3.8) is 0 Å². The van der Waals surface area contributed by atoms with Crippen molar-refractivity contribution in [2.45, 2.75) is 0 Å². The Morgan fingerprint density at radius 3 is 2.79 bits per heavy atom. The van der Waals surface area contributed by atoms with E-state index in [1.54, 1.807) is 24.0 Å². The minimum Gasteiger partial charge on any atom is -0.465 e. The lowest BCUT2D eigenvalue weighted by atomic mass is 10.1. The molecule has 0 fully saturated rings. The van der Waals surface area contributed by atoms with Crippen LogP contribution in [0.5, 0.6) is 0 Å². The molecule has 3 rings (SSSR count). The van der Waals surface area contributed by atoms with E-state index in [0.717, 1.165) is 15.8 Å². The van der Waals surface area contributed by atoms with Crippen molar-refractivity contribution in [1.29, 1.82) is 0 Å². The number of aromatic nitrogens is 2. The van der Waals surface area contributed by atoms with E-state index in [4.69, 9.17) is 4.74 Å². The molecule has 3 heterocycles. The standard InChI is InChI=1S/C14H10N2O2S/c1-18-14(17)11-8-19-12-6-10(7-16-13(11)12)9-2-4-15-5-3-9/h2-8H,1H3. The summed E-state index contributed by atoms with van der Waals surface area (Å²) >= 11 is 1.49. The van der Waals surface area contributed by atoms with Gasteiger partial charge in [-0.1, -0.05) is 0 Å². The molecule has 0 saturated carbocycles. The smallest absolute Gasteiger partial charge is 0.340 e. The number of nitrogens with zero attached hydrogens (tertiary/aromatic N) is 2. The minimum atomic E-state index is -0.351. The molecule has 4 nitrogen and oxygen atoms in total. The lowest BCUT2D eigenvalue weighted by molar-refractivity contribution is 0.0603. The second-order valence-electron chi connectivity index (χ2n) is 3.95. The van der Waals surface area contributed by atoms with Gasteiger partial charge in [-0.25, -0.2) is 4.79 Å². The van der Waals surface area contributed by atoms with Crippen molar-refractivity contribution in [2.75, 3.05) is 7.11 Å². The number of carbonyl (C=O) groups excluding carboxylic acids is 1. The summed E-state index contributed by atoms with van der Waals surface area (Å²) in [5.41, 5.74) is 3.27. The number of carbonyl (C=O) groups is 1. The van der Waals surface area contributed by atoms with Crippen molar-refractivity contribution < 1.29 is 9.53 Å². The highest BCUT2D eigenvalue weighted by Gasteiger charge is 2.14. The zero-order chi connectivity index (χ0) is 13.2. The van der Waals surface area contributed by atoms with Crippen LogP contribution in [-0.2, 0) is 4.74 Å². The highest BCUT2D eigenvalue weighted by molar-refractivity contribution is 7.17. The van der Waals surface area contributed by atoms with Crippen molar-refractivity contribution in [3.05, 3.63) is 47.7 Å². The minimum absolute atomic E-state index is 0.351. The molecular weight excluding hydrogens is 260 g/mol. The molecule has 0 bridgehead atoms. The SMILES string of the molecule is COC(=O)c1csc2cc(-c3ccncc3)cnc12. The average molecular weight is 270 g/mol. The van der Waals surface area contributed by atoms with Crippen LogP contribution in [0.1, 0.15) is 10.4 Å². The predicted molar refractivity (Wildman–Crippen MR) is 74.2 cm³/mol. The maximum atomic E-state index is 11.6. The van der Waals surface area contributed by atoms with Gasteiger partial charge < -0.3 is 4.74 Å². The van der Waals surface area contributed by atoms with Crippen LogP contribution in [0.4, 0.5) is 0 Å². The number of hydrogen-bond acceptors (Lipinski definition) is 5. The number of hydrogen-bond donors (Lipinski definition) is 0. The summed E-state index contributed by atoms with van der Waals surface area (Å²) in [5, 5.41) is 1.78. The maximum Gasteiger partial charge on any atom is 0.340 e. The monoisotopic (exact) mass is 270 g/mol. The maximum absolute atomic E-state index is 11.6. The van der Waals surface area contributed by atoms with E-state index in [1.165, 1.54) is 18.4 Å². The van der Waals surface area contributed by atoms with Gasteiger partial charge in [0.25, 0.3) is 0 Å². The summed E-state index contributed by atoms with van der Waals surface area (Å²) in [4.78, 5) is 19.9. The zero-order valence-electron chi connectivity index (χ0n) is 10.2. The molecule has 19 heavy (non-hydrogen) atoms. The van der Waals surface area contributed by atoms with Gasteiger partial charge in [-0.2, -0.15) is 0 Å². The summed E-state index contributed by atoms with van der Waals surface area (Å²) in [7, 11) is 1.37. The molecule has 3 aromatic heterocycles.